The largest absolute Gasteiger partial charge is 0.377 e. The van der Waals surface area contributed by atoms with Crippen LogP contribution in [0.1, 0.15) is 31.2 Å². The lowest BCUT2D eigenvalue weighted by atomic mass is 9.95. The molecule has 1 N–H and O–H groups in total. The van der Waals surface area contributed by atoms with E-state index in [0.29, 0.717) is 11.8 Å². The first kappa shape index (κ1) is 17.9. The molecule has 0 amide bonds. The molecule has 1 aromatic heterocycles. The maximum absolute atomic E-state index is 5.94. The summed E-state index contributed by atoms with van der Waals surface area (Å²) in [5, 5.41) is 3.96. The molecule has 1 aliphatic rings. The van der Waals surface area contributed by atoms with Gasteiger partial charge in [0.25, 0.3) is 0 Å². The second kappa shape index (κ2) is 9.74. The van der Waals surface area contributed by atoms with Crippen molar-refractivity contribution < 1.29 is 4.74 Å². The fraction of sp³-hybridized carbons (Fsp3) is 0.692. The maximum Gasteiger partial charge on any atom is 0.223 e. The number of halogens is 3. The van der Waals surface area contributed by atoms with Gasteiger partial charge in [-0.2, -0.15) is 0 Å². The number of aromatic nitrogens is 2. The summed E-state index contributed by atoms with van der Waals surface area (Å²) in [6.07, 6.45) is 6.55. The van der Waals surface area contributed by atoms with Crippen molar-refractivity contribution in [2.45, 2.75) is 32.3 Å². The van der Waals surface area contributed by atoms with Gasteiger partial charge in [0.15, 0.2) is 0 Å². The molecule has 4 nitrogen and oxygen atoms in total. The molecular weight excluding hydrogens is 321 g/mol. The molecule has 0 aliphatic carbocycles. The Balaban J connectivity index is 0.00000200. The van der Waals surface area contributed by atoms with Crippen molar-refractivity contribution in [2.24, 2.45) is 5.92 Å². The minimum absolute atomic E-state index is 0. The molecule has 1 saturated heterocycles. The van der Waals surface area contributed by atoms with E-state index in [1.807, 2.05) is 0 Å². The first-order chi connectivity index (χ1) is 9.25. The van der Waals surface area contributed by atoms with E-state index in [-0.39, 0.29) is 17.7 Å². The van der Waals surface area contributed by atoms with Crippen molar-refractivity contribution in [3.8, 4) is 0 Å². The summed E-state index contributed by atoms with van der Waals surface area (Å²) in [4.78, 5) is 7.77. The number of nitrogens with one attached hydrogen (secondary N) is 1. The molecule has 0 radical (unpaired) electrons. The van der Waals surface area contributed by atoms with Crippen LogP contribution in [0.3, 0.4) is 0 Å². The van der Waals surface area contributed by atoms with Crippen LogP contribution >= 0.6 is 35.6 Å². The Kier molecular flexibility index (Phi) is 8.73. The topological polar surface area (TPSA) is 47.0 Å². The molecule has 114 valence electrons. The van der Waals surface area contributed by atoms with Crippen molar-refractivity contribution in [3.63, 3.8) is 0 Å². The number of piperidine rings is 1. The highest BCUT2D eigenvalue weighted by molar-refractivity contribution is 6.32. The van der Waals surface area contributed by atoms with E-state index in [1.54, 1.807) is 6.20 Å². The van der Waals surface area contributed by atoms with Crippen LogP contribution in [0.2, 0.25) is 10.4 Å². The average molecular weight is 341 g/mol. The Morgan fingerprint density at radius 1 is 1.40 bits per heavy atom. The van der Waals surface area contributed by atoms with Crippen LogP contribution in [0.15, 0.2) is 6.20 Å². The molecule has 20 heavy (non-hydrogen) atoms. The van der Waals surface area contributed by atoms with Crippen LogP contribution in [-0.2, 0) is 11.3 Å². The highest BCUT2D eigenvalue weighted by Gasteiger charge is 2.12. The van der Waals surface area contributed by atoms with Crippen molar-refractivity contribution in [1.29, 1.82) is 0 Å². The second-order valence-electron chi connectivity index (χ2n) is 4.86. The van der Waals surface area contributed by atoms with Crippen molar-refractivity contribution in [3.05, 3.63) is 22.2 Å². The van der Waals surface area contributed by atoms with E-state index >= 15 is 0 Å². The van der Waals surface area contributed by atoms with Gasteiger partial charge >= 0.3 is 0 Å². The normalized spacial score (nSPS) is 18.6. The zero-order valence-corrected chi connectivity index (χ0v) is 13.6. The van der Waals surface area contributed by atoms with Crippen LogP contribution in [-0.4, -0.2) is 29.7 Å². The fourth-order valence-electron chi connectivity index (χ4n) is 2.29. The third-order valence-electron chi connectivity index (χ3n) is 3.34. The molecule has 1 unspecified atom stereocenters. The first-order valence-corrected chi connectivity index (χ1v) is 7.46. The number of hydrogen-bond acceptors (Lipinski definition) is 4. The van der Waals surface area contributed by atoms with Gasteiger partial charge in [0.2, 0.25) is 5.28 Å². The molecule has 0 aromatic carbocycles. The number of hydrogen-bond donors (Lipinski definition) is 1. The Morgan fingerprint density at radius 3 is 2.95 bits per heavy atom. The van der Waals surface area contributed by atoms with Gasteiger partial charge in [0.05, 0.1) is 6.61 Å². The van der Waals surface area contributed by atoms with Gasteiger partial charge in [0.1, 0.15) is 5.15 Å². The lowest BCUT2D eigenvalue weighted by molar-refractivity contribution is 0.112. The fourth-order valence-corrected chi connectivity index (χ4v) is 2.65. The van der Waals surface area contributed by atoms with Gasteiger partial charge in [-0.1, -0.05) is 11.6 Å². The molecule has 0 saturated carbocycles. The van der Waals surface area contributed by atoms with Gasteiger partial charge < -0.3 is 10.1 Å². The molecule has 0 spiro atoms. The zero-order valence-electron chi connectivity index (χ0n) is 11.3. The van der Waals surface area contributed by atoms with E-state index in [2.05, 4.69) is 15.3 Å². The predicted octanol–water partition coefficient (Wildman–Crippen LogP) is 3.50. The van der Waals surface area contributed by atoms with E-state index in [1.165, 1.54) is 25.8 Å². The smallest absolute Gasteiger partial charge is 0.223 e. The summed E-state index contributed by atoms with van der Waals surface area (Å²) in [5.41, 5.74) is 0.783. The van der Waals surface area contributed by atoms with Crippen molar-refractivity contribution in [1.82, 2.24) is 15.3 Å². The quantitative estimate of drug-likeness (QED) is 0.489. The van der Waals surface area contributed by atoms with Crippen LogP contribution in [0.5, 0.6) is 0 Å². The first-order valence-electron chi connectivity index (χ1n) is 6.71. The van der Waals surface area contributed by atoms with Crippen molar-refractivity contribution in [2.75, 3.05) is 19.7 Å². The van der Waals surface area contributed by atoms with Crippen LogP contribution in [0.4, 0.5) is 0 Å². The van der Waals surface area contributed by atoms with Gasteiger partial charge in [-0.05, 0) is 56.3 Å². The standard InChI is InChI=1S/C13H19Cl2N3O.ClH/c14-12-11(8-17-13(15)18-12)9-19-6-2-4-10-3-1-5-16-7-10;/h8,10,16H,1-7,9H2;1H. The summed E-state index contributed by atoms with van der Waals surface area (Å²) >= 11 is 11.6. The monoisotopic (exact) mass is 339 g/mol. The molecule has 1 aromatic rings. The summed E-state index contributed by atoms with van der Waals surface area (Å²) in [6, 6.07) is 0. The molecule has 7 heteroatoms. The summed E-state index contributed by atoms with van der Waals surface area (Å²) < 4.78 is 5.60. The minimum Gasteiger partial charge on any atom is -0.377 e. The van der Waals surface area contributed by atoms with E-state index in [4.69, 9.17) is 27.9 Å². The summed E-state index contributed by atoms with van der Waals surface area (Å²) in [6.45, 7) is 3.51. The molecule has 1 aliphatic heterocycles. The third kappa shape index (κ3) is 6.10. The Bertz CT molecular complexity index is 400. The number of rotatable bonds is 6. The van der Waals surface area contributed by atoms with Gasteiger partial charge in [-0.15, -0.1) is 12.4 Å². The predicted molar refractivity (Wildman–Crippen MR) is 83.8 cm³/mol. The van der Waals surface area contributed by atoms with Crippen LogP contribution in [0.25, 0.3) is 0 Å². The SMILES string of the molecule is Cl.Clc1ncc(COCCCC2CCCNC2)c(Cl)n1. The number of nitrogens with zero attached hydrogens (tertiary/aromatic N) is 2. The summed E-state index contributed by atoms with van der Waals surface area (Å²) in [7, 11) is 0. The van der Waals surface area contributed by atoms with Gasteiger partial charge in [-0.25, -0.2) is 9.97 Å². The van der Waals surface area contributed by atoms with E-state index < -0.39 is 0 Å². The second-order valence-corrected chi connectivity index (χ2v) is 5.56. The van der Waals surface area contributed by atoms with Crippen LogP contribution < -0.4 is 5.32 Å². The molecule has 2 rings (SSSR count). The molecule has 0 bridgehead atoms. The van der Waals surface area contributed by atoms with E-state index in [9.17, 15) is 0 Å². The number of ether oxygens (including phenoxy) is 1. The molecule has 2 heterocycles. The van der Waals surface area contributed by atoms with Crippen molar-refractivity contribution >= 4 is 35.6 Å². The van der Waals surface area contributed by atoms with Gasteiger partial charge in [-0.3, -0.25) is 0 Å². The average Bonchev–Trinajstić information content (AvgIpc) is 2.42. The highest BCUT2D eigenvalue weighted by atomic mass is 35.5. The lowest BCUT2D eigenvalue weighted by Crippen LogP contribution is -2.29. The molecule has 1 atom stereocenters. The van der Waals surface area contributed by atoms with Gasteiger partial charge in [0, 0.05) is 18.4 Å². The molecular formula is C13H20Cl3N3O. The highest BCUT2D eigenvalue weighted by Crippen LogP contribution is 2.17. The molecule has 1 fully saturated rings. The Hall–Kier alpha value is -0.130. The van der Waals surface area contributed by atoms with E-state index in [0.717, 1.165) is 31.1 Å². The Labute approximate surface area is 136 Å². The third-order valence-corrected chi connectivity index (χ3v) is 3.85. The zero-order chi connectivity index (χ0) is 13.5. The minimum atomic E-state index is 0. The lowest BCUT2D eigenvalue weighted by Gasteiger charge is -2.22. The Morgan fingerprint density at radius 2 is 2.25 bits per heavy atom. The summed E-state index contributed by atoms with van der Waals surface area (Å²) in [5.74, 6) is 0.805. The maximum atomic E-state index is 5.94. The van der Waals surface area contributed by atoms with Crippen LogP contribution in [0, 0.1) is 5.92 Å².